The number of rotatable bonds is 7. The fraction of sp³-hybridized carbons (Fsp3) is 0.429. The third-order valence-electron chi connectivity index (χ3n) is 6.33. The molecule has 1 amide bonds. The number of nitrogen functional groups attached to an aromatic ring is 1. The van der Waals surface area contributed by atoms with Gasteiger partial charge < -0.3 is 15.8 Å². The van der Waals surface area contributed by atoms with Gasteiger partial charge in [-0.3, -0.25) is 19.2 Å². The largest absolute Gasteiger partial charge is 0.469 e. The molecule has 0 aliphatic heterocycles. The van der Waals surface area contributed by atoms with Crippen LogP contribution in [0, 0.1) is 0 Å². The van der Waals surface area contributed by atoms with Crippen molar-refractivity contribution in [2.75, 3.05) is 18.2 Å². The second kappa shape index (κ2) is 12.8. The number of unbranched alkanes of at least 4 members (excludes halogenated alkanes) is 2. The topological polar surface area (TPSA) is 116 Å². The van der Waals surface area contributed by atoms with Crippen molar-refractivity contribution in [2.45, 2.75) is 70.6 Å². The predicted molar refractivity (Wildman–Crippen MR) is 136 cm³/mol. The molecular weight excluding hydrogens is 444 g/mol. The molecule has 2 aliphatic carbocycles. The Morgan fingerprint density at radius 1 is 0.829 bits per heavy atom. The van der Waals surface area contributed by atoms with Crippen LogP contribution in [0.4, 0.5) is 11.4 Å². The number of benzene rings is 2. The average Bonchev–Trinajstić information content (AvgIpc) is 2.84. The van der Waals surface area contributed by atoms with E-state index in [1.807, 2.05) is 24.3 Å². The summed E-state index contributed by atoms with van der Waals surface area (Å²) in [4.78, 5) is 46.0. The summed E-state index contributed by atoms with van der Waals surface area (Å²) in [6, 6.07) is 11.0. The van der Waals surface area contributed by atoms with Crippen molar-refractivity contribution >= 4 is 34.8 Å². The minimum absolute atomic E-state index is 0.0369. The van der Waals surface area contributed by atoms with Crippen LogP contribution in [0.15, 0.2) is 36.4 Å². The number of ketones is 2. The number of carbonyl (C=O) groups is 4. The van der Waals surface area contributed by atoms with Gasteiger partial charge >= 0.3 is 5.97 Å². The number of ether oxygens (including phenoxy) is 1. The van der Waals surface area contributed by atoms with Crippen LogP contribution in [0.3, 0.4) is 0 Å². The van der Waals surface area contributed by atoms with Crippen LogP contribution in [0.5, 0.6) is 0 Å². The highest BCUT2D eigenvalue weighted by Gasteiger charge is 2.18. The van der Waals surface area contributed by atoms with Crippen molar-refractivity contribution in [3.63, 3.8) is 0 Å². The molecule has 7 heteroatoms. The SMILES string of the molecule is COC(=O)CCCCCC(=O)Nc1ccc2c(c1)CCCC2=O.Nc1ccc2c(c1)CCCC2=O. The molecule has 0 spiro atoms. The standard InChI is InChI=1S/C18H23NO4.C10H11NO/c1-23-18(22)9-4-2-3-8-17(21)19-14-10-11-15-13(12-14)6-5-7-16(15)20;11-8-4-5-9-7(6-8)2-1-3-10(9)12/h10-12H,2-9H2,1H3,(H,19,21);4-6H,1-3,11H2. The molecular formula is C28H34N2O5. The molecule has 0 bridgehead atoms. The van der Waals surface area contributed by atoms with E-state index in [-0.39, 0.29) is 23.4 Å². The molecule has 35 heavy (non-hydrogen) atoms. The lowest BCUT2D eigenvalue weighted by Crippen LogP contribution is -2.14. The van der Waals surface area contributed by atoms with E-state index in [1.165, 1.54) is 7.11 Å². The number of anilines is 2. The van der Waals surface area contributed by atoms with Crippen molar-refractivity contribution in [2.24, 2.45) is 0 Å². The molecule has 0 saturated heterocycles. The molecule has 0 heterocycles. The van der Waals surface area contributed by atoms with Gasteiger partial charge in [-0.05, 0) is 86.1 Å². The summed E-state index contributed by atoms with van der Waals surface area (Å²) >= 11 is 0. The van der Waals surface area contributed by atoms with Gasteiger partial charge in [-0.25, -0.2) is 0 Å². The lowest BCUT2D eigenvalue weighted by Gasteiger charge is -2.16. The first-order valence-corrected chi connectivity index (χ1v) is 12.3. The summed E-state index contributed by atoms with van der Waals surface area (Å²) in [7, 11) is 1.38. The normalized spacial score (nSPS) is 14.2. The molecule has 2 aromatic carbocycles. The number of esters is 1. The van der Waals surface area contributed by atoms with E-state index in [2.05, 4.69) is 10.1 Å². The molecule has 0 atom stereocenters. The Bertz CT molecular complexity index is 1090. The molecule has 0 unspecified atom stereocenters. The van der Waals surface area contributed by atoms with Gasteiger partial charge in [0.15, 0.2) is 11.6 Å². The second-order valence-electron chi connectivity index (χ2n) is 9.03. The second-order valence-corrected chi connectivity index (χ2v) is 9.03. The lowest BCUT2D eigenvalue weighted by molar-refractivity contribution is -0.140. The van der Waals surface area contributed by atoms with Gasteiger partial charge in [-0.2, -0.15) is 0 Å². The minimum Gasteiger partial charge on any atom is -0.469 e. The van der Waals surface area contributed by atoms with Crippen molar-refractivity contribution in [1.29, 1.82) is 0 Å². The van der Waals surface area contributed by atoms with Crippen LogP contribution in [-0.4, -0.2) is 30.6 Å². The number of aryl methyl sites for hydroxylation is 2. The quantitative estimate of drug-likeness (QED) is 0.327. The third kappa shape index (κ3) is 7.77. The number of hydrogen-bond donors (Lipinski definition) is 2. The minimum atomic E-state index is -0.210. The lowest BCUT2D eigenvalue weighted by atomic mass is 9.90. The zero-order valence-electron chi connectivity index (χ0n) is 20.4. The maximum Gasteiger partial charge on any atom is 0.305 e. The average molecular weight is 479 g/mol. The van der Waals surface area contributed by atoms with E-state index in [1.54, 1.807) is 12.1 Å². The van der Waals surface area contributed by atoms with Crippen molar-refractivity contribution in [1.82, 2.24) is 0 Å². The highest BCUT2D eigenvalue weighted by Crippen LogP contribution is 2.25. The molecule has 0 aromatic heterocycles. The van der Waals surface area contributed by atoms with E-state index in [9.17, 15) is 19.2 Å². The van der Waals surface area contributed by atoms with Crippen LogP contribution in [0.2, 0.25) is 0 Å². The number of hydrogen-bond acceptors (Lipinski definition) is 6. The highest BCUT2D eigenvalue weighted by molar-refractivity contribution is 6.00. The molecule has 4 rings (SSSR count). The molecule has 2 aromatic rings. The van der Waals surface area contributed by atoms with Gasteiger partial charge in [0.05, 0.1) is 7.11 Å². The maximum atomic E-state index is 11.9. The Morgan fingerprint density at radius 2 is 1.43 bits per heavy atom. The maximum absolute atomic E-state index is 11.9. The zero-order chi connectivity index (χ0) is 25.2. The smallest absolute Gasteiger partial charge is 0.305 e. The van der Waals surface area contributed by atoms with Gasteiger partial charge in [0.25, 0.3) is 0 Å². The van der Waals surface area contributed by atoms with Crippen molar-refractivity contribution in [3.05, 3.63) is 58.7 Å². The van der Waals surface area contributed by atoms with Crippen LogP contribution in [-0.2, 0) is 27.2 Å². The van der Waals surface area contributed by atoms with E-state index >= 15 is 0 Å². The van der Waals surface area contributed by atoms with Gasteiger partial charge in [-0.15, -0.1) is 0 Å². The van der Waals surface area contributed by atoms with Gasteiger partial charge in [0.2, 0.25) is 5.91 Å². The Kier molecular flexibility index (Phi) is 9.58. The van der Waals surface area contributed by atoms with Gasteiger partial charge in [-0.1, -0.05) is 6.42 Å². The van der Waals surface area contributed by atoms with Crippen molar-refractivity contribution in [3.8, 4) is 0 Å². The number of fused-ring (bicyclic) bond motifs is 2. The van der Waals surface area contributed by atoms with Gasteiger partial charge in [0, 0.05) is 48.2 Å². The molecule has 0 fully saturated rings. The van der Waals surface area contributed by atoms with Crippen LogP contribution in [0.1, 0.15) is 89.6 Å². The molecule has 2 aliphatic rings. The zero-order valence-corrected chi connectivity index (χ0v) is 20.4. The summed E-state index contributed by atoms with van der Waals surface area (Å²) in [5, 5.41) is 2.88. The summed E-state index contributed by atoms with van der Waals surface area (Å²) in [5.41, 5.74) is 10.9. The van der Waals surface area contributed by atoms with Crippen LogP contribution in [0.25, 0.3) is 0 Å². The summed E-state index contributed by atoms with van der Waals surface area (Å²) in [6.45, 7) is 0. The first-order chi connectivity index (χ1) is 16.9. The number of methoxy groups -OCH3 is 1. The summed E-state index contributed by atoms with van der Waals surface area (Å²) < 4.78 is 4.57. The highest BCUT2D eigenvalue weighted by atomic mass is 16.5. The fourth-order valence-corrected chi connectivity index (χ4v) is 4.45. The van der Waals surface area contributed by atoms with E-state index in [0.29, 0.717) is 25.7 Å². The van der Waals surface area contributed by atoms with Crippen LogP contribution >= 0.6 is 0 Å². The van der Waals surface area contributed by atoms with Crippen molar-refractivity contribution < 1.29 is 23.9 Å². The summed E-state index contributed by atoms with van der Waals surface area (Å²) in [5.74, 6) is 0.203. The Labute approximate surface area is 206 Å². The van der Waals surface area contributed by atoms with E-state index in [4.69, 9.17) is 5.73 Å². The fourth-order valence-electron chi connectivity index (χ4n) is 4.45. The number of Topliss-reactive ketones (excluding diaryl/α,β-unsaturated/α-hetero) is 2. The molecule has 7 nitrogen and oxygen atoms in total. The predicted octanol–water partition coefficient (Wildman–Crippen LogP) is 5.06. The number of amides is 1. The monoisotopic (exact) mass is 478 g/mol. The first-order valence-electron chi connectivity index (χ1n) is 12.3. The van der Waals surface area contributed by atoms with Gasteiger partial charge in [0.1, 0.15) is 0 Å². The molecule has 186 valence electrons. The Hall–Kier alpha value is -3.48. The molecule has 0 saturated carbocycles. The Balaban J connectivity index is 0.000000237. The molecule has 0 radical (unpaired) electrons. The summed E-state index contributed by atoms with van der Waals surface area (Å²) in [6.07, 6.45) is 8.16. The van der Waals surface area contributed by atoms with E-state index in [0.717, 1.165) is 78.6 Å². The Morgan fingerprint density at radius 3 is 2.09 bits per heavy atom. The number of nitrogens with two attached hydrogens (primary N) is 1. The van der Waals surface area contributed by atoms with E-state index < -0.39 is 0 Å². The number of nitrogens with one attached hydrogen (secondary N) is 1. The first kappa shape index (κ1) is 26.1. The number of carbonyl (C=O) groups excluding carboxylic acids is 4. The van der Waals surface area contributed by atoms with Crippen LogP contribution < -0.4 is 11.1 Å². The third-order valence-corrected chi connectivity index (χ3v) is 6.33. The molecule has 3 N–H and O–H groups in total.